The van der Waals surface area contributed by atoms with Crippen LogP contribution in [0.15, 0.2) is 24.3 Å². The second-order valence-corrected chi connectivity index (χ2v) is 5.92. The SMILES string of the molecule is CCCC(CCC)(CNC1CC1)c1ccccc1F. The van der Waals surface area contributed by atoms with Gasteiger partial charge in [-0.1, -0.05) is 44.9 Å². The highest BCUT2D eigenvalue weighted by Gasteiger charge is 2.34. The monoisotopic (exact) mass is 263 g/mol. The van der Waals surface area contributed by atoms with Crippen LogP contribution in [0.1, 0.15) is 57.9 Å². The number of benzene rings is 1. The molecule has 1 aromatic carbocycles. The fourth-order valence-corrected chi connectivity index (χ4v) is 3.14. The van der Waals surface area contributed by atoms with Crippen molar-refractivity contribution < 1.29 is 4.39 Å². The lowest BCUT2D eigenvalue weighted by molar-refractivity contribution is 0.322. The minimum absolute atomic E-state index is 0.0303. The second kappa shape index (κ2) is 6.51. The third-order valence-electron chi connectivity index (χ3n) is 4.21. The van der Waals surface area contributed by atoms with Gasteiger partial charge in [0.1, 0.15) is 5.82 Å². The van der Waals surface area contributed by atoms with Gasteiger partial charge < -0.3 is 5.32 Å². The van der Waals surface area contributed by atoms with Gasteiger partial charge in [-0.15, -0.1) is 0 Å². The summed E-state index contributed by atoms with van der Waals surface area (Å²) in [6.07, 6.45) is 6.88. The van der Waals surface area contributed by atoms with Crippen LogP contribution in [0.25, 0.3) is 0 Å². The molecule has 1 aliphatic rings. The Bertz CT molecular complexity index is 392. The van der Waals surface area contributed by atoms with E-state index in [9.17, 15) is 4.39 Å². The van der Waals surface area contributed by atoms with Gasteiger partial charge in [-0.25, -0.2) is 4.39 Å². The third-order valence-corrected chi connectivity index (χ3v) is 4.21. The molecule has 0 aromatic heterocycles. The van der Waals surface area contributed by atoms with Crippen molar-refractivity contribution in [2.45, 2.75) is 63.8 Å². The first-order chi connectivity index (χ1) is 9.22. The van der Waals surface area contributed by atoms with Crippen molar-refractivity contribution in [3.8, 4) is 0 Å². The molecule has 0 amide bonds. The predicted molar refractivity (Wildman–Crippen MR) is 78.9 cm³/mol. The van der Waals surface area contributed by atoms with Gasteiger partial charge in [-0.05, 0) is 37.3 Å². The average Bonchev–Trinajstić information content (AvgIpc) is 3.21. The lowest BCUT2D eigenvalue weighted by atomic mass is 9.73. The molecule has 0 unspecified atom stereocenters. The molecule has 106 valence electrons. The van der Waals surface area contributed by atoms with Crippen LogP contribution < -0.4 is 5.32 Å². The van der Waals surface area contributed by atoms with E-state index >= 15 is 0 Å². The Hall–Kier alpha value is -0.890. The molecule has 1 aromatic rings. The van der Waals surface area contributed by atoms with E-state index in [2.05, 4.69) is 19.2 Å². The summed E-state index contributed by atoms with van der Waals surface area (Å²) in [6, 6.07) is 8.02. The molecule has 1 fully saturated rings. The Morgan fingerprint density at radius 3 is 2.32 bits per heavy atom. The average molecular weight is 263 g/mol. The first kappa shape index (κ1) is 14.5. The van der Waals surface area contributed by atoms with E-state index in [4.69, 9.17) is 0 Å². The van der Waals surface area contributed by atoms with Gasteiger partial charge in [0.2, 0.25) is 0 Å². The zero-order chi connectivity index (χ0) is 13.7. The lowest BCUT2D eigenvalue weighted by Gasteiger charge is -2.35. The van der Waals surface area contributed by atoms with Crippen LogP contribution in [-0.4, -0.2) is 12.6 Å². The van der Waals surface area contributed by atoms with Gasteiger partial charge in [0.25, 0.3) is 0 Å². The zero-order valence-corrected chi connectivity index (χ0v) is 12.2. The topological polar surface area (TPSA) is 12.0 Å². The maximum Gasteiger partial charge on any atom is 0.127 e. The molecule has 1 nitrogen and oxygen atoms in total. The normalized spacial score (nSPS) is 15.7. The summed E-state index contributed by atoms with van der Waals surface area (Å²) in [5.41, 5.74) is 0.879. The molecule has 0 spiro atoms. The summed E-state index contributed by atoms with van der Waals surface area (Å²) in [5, 5.41) is 3.63. The molecule has 1 aliphatic carbocycles. The summed E-state index contributed by atoms with van der Waals surface area (Å²) in [5.74, 6) is -0.0398. The van der Waals surface area contributed by atoms with E-state index in [0.717, 1.165) is 37.8 Å². The second-order valence-electron chi connectivity index (χ2n) is 5.92. The van der Waals surface area contributed by atoms with Gasteiger partial charge in [-0.3, -0.25) is 0 Å². The van der Waals surface area contributed by atoms with Crippen molar-refractivity contribution >= 4 is 0 Å². The number of hydrogen-bond donors (Lipinski definition) is 1. The number of halogens is 1. The molecular formula is C17H26FN. The summed E-state index contributed by atoms with van der Waals surface area (Å²) in [7, 11) is 0. The van der Waals surface area contributed by atoms with E-state index in [1.54, 1.807) is 12.1 Å². The Kier molecular flexibility index (Phi) is 4.98. The fourth-order valence-electron chi connectivity index (χ4n) is 3.14. The maximum atomic E-state index is 14.2. The highest BCUT2D eigenvalue weighted by atomic mass is 19.1. The van der Waals surface area contributed by atoms with Crippen molar-refractivity contribution in [1.29, 1.82) is 0 Å². The zero-order valence-electron chi connectivity index (χ0n) is 12.2. The van der Waals surface area contributed by atoms with Gasteiger partial charge in [0, 0.05) is 18.0 Å². The highest BCUT2D eigenvalue weighted by molar-refractivity contribution is 5.28. The molecule has 2 rings (SSSR count). The number of nitrogens with one attached hydrogen (secondary N) is 1. The summed E-state index contributed by atoms with van der Waals surface area (Å²) >= 11 is 0. The largest absolute Gasteiger partial charge is 0.313 e. The third kappa shape index (κ3) is 3.56. The highest BCUT2D eigenvalue weighted by Crippen LogP contribution is 2.36. The van der Waals surface area contributed by atoms with E-state index in [0.29, 0.717) is 6.04 Å². The molecule has 0 aliphatic heterocycles. The van der Waals surface area contributed by atoms with Crippen molar-refractivity contribution in [3.63, 3.8) is 0 Å². The maximum absolute atomic E-state index is 14.2. The van der Waals surface area contributed by atoms with Crippen LogP contribution in [0.3, 0.4) is 0 Å². The molecule has 19 heavy (non-hydrogen) atoms. The molecule has 0 atom stereocenters. The van der Waals surface area contributed by atoms with Crippen molar-refractivity contribution in [2.75, 3.05) is 6.54 Å². The molecule has 0 bridgehead atoms. The molecule has 1 saturated carbocycles. The van der Waals surface area contributed by atoms with Gasteiger partial charge in [0.05, 0.1) is 0 Å². The Labute approximate surface area is 116 Å². The Balaban J connectivity index is 2.25. The molecule has 2 heteroatoms. The minimum Gasteiger partial charge on any atom is -0.313 e. The van der Waals surface area contributed by atoms with Crippen LogP contribution in [0.4, 0.5) is 4.39 Å². The van der Waals surface area contributed by atoms with Crippen LogP contribution in [0, 0.1) is 5.82 Å². The van der Waals surface area contributed by atoms with E-state index in [-0.39, 0.29) is 11.2 Å². The lowest BCUT2D eigenvalue weighted by Crippen LogP contribution is -2.40. The summed E-state index contributed by atoms with van der Waals surface area (Å²) in [4.78, 5) is 0. The van der Waals surface area contributed by atoms with Crippen molar-refractivity contribution in [2.24, 2.45) is 0 Å². The first-order valence-corrected chi connectivity index (χ1v) is 7.70. The summed E-state index contributed by atoms with van der Waals surface area (Å²) < 4.78 is 14.2. The van der Waals surface area contributed by atoms with Crippen LogP contribution in [-0.2, 0) is 5.41 Å². The van der Waals surface area contributed by atoms with E-state index in [1.807, 2.05) is 12.1 Å². The Morgan fingerprint density at radius 2 is 1.79 bits per heavy atom. The van der Waals surface area contributed by atoms with Gasteiger partial charge in [0.15, 0.2) is 0 Å². The minimum atomic E-state index is -0.0398. The molecule has 0 saturated heterocycles. The standard InChI is InChI=1S/C17H26FN/c1-3-11-17(12-4-2,13-19-14-9-10-14)15-7-5-6-8-16(15)18/h5-8,14,19H,3-4,9-13H2,1-2H3. The molecule has 1 N–H and O–H groups in total. The summed E-state index contributed by atoms with van der Waals surface area (Å²) in [6.45, 7) is 5.31. The Morgan fingerprint density at radius 1 is 1.16 bits per heavy atom. The molecular weight excluding hydrogens is 237 g/mol. The van der Waals surface area contributed by atoms with E-state index < -0.39 is 0 Å². The van der Waals surface area contributed by atoms with Gasteiger partial charge >= 0.3 is 0 Å². The number of rotatable bonds is 8. The van der Waals surface area contributed by atoms with Crippen LogP contribution >= 0.6 is 0 Å². The molecule has 0 radical (unpaired) electrons. The van der Waals surface area contributed by atoms with Gasteiger partial charge in [-0.2, -0.15) is 0 Å². The predicted octanol–water partition coefficient (Wildman–Crippen LogP) is 4.42. The smallest absolute Gasteiger partial charge is 0.127 e. The molecule has 0 heterocycles. The van der Waals surface area contributed by atoms with Crippen molar-refractivity contribution in [1.82, 2.24) is 5.32 Å². The first-order valence-electron chi connectivity index (χ1n) is 7.70. The quantitative estimate of drug-likeness (QED) is 0.732. The number of hydrogen-bond acceptors (Lipinski definition) is 1. The van der Waals surface area contributed by atoms with E-state index in [1.165, 1.54) is 12.8 Å². The van der Waals surface area contributed by atoms with Crippen LogP contribution in [0.2, 0.25) is 0 Å². The van der Waals surface area contributed by atoms with Crippen LogP contribution in [0.5, 0.6) is 0 Å². The fraction of sp³-hybridized carbons (Fsp3) is 0.647. The van der Waals surface area contributed by atoms with Crippen molar-refractivity contribution in [3.05, 3.63) is 35.6 Å².